The summed E-state index contributed by atoms with van der Waals surface area (Å²) in [6.07, 6.45) is -0.682. The van der Waals surface area contributed by atoms with Gasteiger partial charge in [-0.25, -0.2) is 0 Å². The van der Waals surface area contributed by atoms with Crippen molar-refractivity contribution in [3.05, 3.63) is 83.9 Å². The summed E-state index contributed by atoms with van der Waals surface area (Å²) in [6, 6.07) is 21.3. The molecule has 0 aliphatic carbocycles. The summed E-state index contributed by atoms with van der Waals surface area (Å²) in [6.45, 7) is 3.57. The minimum absolute atomic E-state index is 0.175. The predicted octanol–water partition coefficient (Wildman–Crippen LogP) is 4.66. The summed E-state index contributed by atoms with van der Waals surface area (Å²) in [5.74, 6) is 0.843. The number of anilines is 2. The molecule has 0 radical (unpaired) electrons. The zero-order valence-electron chi connectivity index (χ0n) is 17.1. The van der Waals surface area contributed by atoms with Crippen molar-refractivity contribution in [2.75, 3.05) is 17.7 Å². The first-order valence-corrected chi connectivity index (χ1v) is 9.55. The third kappa shape index (κ3) is 5.38. The Hall–Kier alpha value is -3.80. The molecule has 0 heterocycles. The minimum Gasteiger partial charge on any atom is -0.497 e. The Morgan fingerprint density at radius 1 is 0.800 bits per heavy atom. The molecule has 0 fully saturated rings. The second kappa shape index (κ2) is 9.60. The van der Waals surface area contributed by atoms with E-state index in [1.807, 2.05) is 25.1 Å². The van der Waals surface area contributed by atoms with Gasteiger partial charge in [-0.3, -0.25) is 9.59 Å². The molecule has 0 saturated heterocycles. The molecular formula is C24H24N2O4. The summed E-state index contributed by atoms with van der Waals surface area (Å²) in [5, 5.41) is 5.66. The van der Waals surface area contributed by atoms with Gasteiger partial charge >= 0.3 is 0 Å². The molecule has 2 amide bonds. The number of amides is 2. The highest BCUT2D eigenvalue weighted by atomic mass is 16.5. The van der Waals surface area contributed by atoms with Crippen molar-refractivity contribution in [2.45, 2.75) is 20.0 Å². The Balaban J connectivity index is 1.56. The van der Waals surface area contributed by atoms with E-state index in [1.165, 1.54) is 0 Å². The standard InChI is InChI=1S/C24H24N2O4/c1-16-6-4-5-7-22(16)24(28)26-19-10-8-18(9-11-19)25-23(27)17(2)30-21-14-12-20(29-3)13-15-21/h4-15,17H,1-3H3,(H,25,27)(H,26,28)/t17-/m0/s1. The van der Waals surface area contributed by atoms with Gasteiger partial charge in [0.25, 0.3) is 11.8 Å². The van der Waals surface area contributed by atoms with E-state index in [9.17, 15) is 9.59 Å². The van der Waals surface area contributed by atoms with Crippen LogP contribution < -0.4 is 20.1 Å². The Morgan fingerprint density at radius 3 is 1.97 bits per heavy atom. The molecule has 0 unspecified atom stereocenters. The quantitative estimate of drug-likeness (QED) is 0.600. The van der Waals surface area contributed by atoms with E-state index in [-0.39, 0.29) is 11.8 Å². The highest BCUT2D eigenvalue weighted by Gasteiger charge is 2.15. The Morgan fingerprint density at radius 2 is 1.37 bits per heavy atom. The van der Waals surface area contributed by atoms with Gasteiger partial charge in [-0.15, -0.1) is 0 Å². The first-order chi connectivity index (χ1) is 14.5. The molecule has 1 atom stereocenters. The Labute approximate surface area is 175 Å². The smallest absolute Gasteiger partial charge is 0.265 e. The molecule has 0 saturated carbocycles. The molecule has 2 N–H and O–H groups in total. The van der Waals surface area contributed by atoms with Crippen LogP contribution in [0.15, 0.2) is 72.8 Å². The van der Waals surface area contributed by atoms with Gasteiger partial charge in [-0.1, -0.05) is 18.2 Å². The van der Waals surface area contributed by atoms with Crippen molar-refractivity contribution in [3.63, 3.8) is 0 Å². The molecule has 0 aliphatic rings. The molecule has 154 valence electrons. The average molecular weight is 404 g/mol. The third-order valence-electron chi connectivity index (χ3n) is 4.54. The highest BCUT2D eigenvalue weighted by molar-refractivity contribution is 6.05. The van der Waals surface area contributed by atoms with Gasteiger partial charge in [-0.05, 0) is 74.0 Å². The lowest BCUT2D eigenvalue weighted by atomic mass is 10.1. The van der Waals surface area contributed by atoms with Crippen LogP contribution >= 0.6 is 0 Å². The number of aryl methyl sites for hydroxylation is 1. The van der Waals surface area contributed by atoms with Crippen LogP contribution in [0.25, 0.3) is 0 Å². The van der Waals surface area contributed by atoms with Crippen LogP contribution in [-0.4, -0.2) is 25.0 Å². The van der Waals surface area contributed by atoms with Crippen LogP contribution in [0, 0.1) is 6.92 Å². The van der Waals surface area contributed by atoms with Crippen LogP contribution in [0.1, 0.15) is 22.8 Å². The van der Waals surface area contributed by atoms with E-state index in [2.05, 4.69) is 10.6 Å². The summed E-state index contributed by atoms with van der Waals surface area (Å²) >= 11 is 0. The van der Waals surface area contributed by atoms with E-state index < -0.39 is 6.10 Å². The molecule has 0 aliphatic heterocycles. The largest absolute Gasteiger partial charge is 0.497 e. The number of rotatable bonds is 7. The van der Waals surface area contributed by atoms with Gasteiger partial charge in [0.2, 0.25) is 0 Å². The fraction of sp³-hybridized carbons (Fsp3) is 0.167. The van der Waals surface area contributed by atoms with Crippen molar-refractivity contribution in [2.24, 2.45) is 0 Å². The Kier molecular flexibility index (Phi) is 6.70. The zero-order chi connectivity index (χ0) is 21.5. The lowest BCUT2D eigenvalue weighted by Crippen LogP contribution is -2.30. The first kappa shape index (κ1) is 20.9. The number of hydrogen-bond donors (Lipinski definition) is 2. The van der Waals surface area contributed by atoms with E-state index in [0.29, 0.717) is 28.4 Å². The van der Waals surface area contributed by atoms with Crippen LogP contribution in [0.2, 0.25) is 0 Å². The summed E-state index contributed by atoms with van der Waals surface area (Å²) in [7, 11) is 1.59. The molecule has 0 spiro atoms. The molecular weight excluding hydrogens is 380 g/mol. The second-order valence-corrected chi connectivity index (χ2v) is 6.77. The molecule has 0 bridgehead atoms. The van der Waals surface area contributed by atoms with Crippen LogP contribution in [0.4, 0.5) is 11.4 Å². The van der Waals surface area contributed by atoms with E-state index in [4.69, 9.17) is 9.47 Å². The van der Waals surface area contributed by atoms with Crippen molar-refractivity contribution in [1.82, 2.24) is 0 Å². The monoisotopic (exact) mass is 404 g/mol. The van der Waals surface area contributed by atoms with Gasteiger partial charge < -0.3 is 20.1 Å². The molecule has 6 nitrogen and oxygen atoms in total. The highest BCUT2D eigenvalue weighted by Crippen LogP contribution is 2.19. The van der Waals surface area contributed by atoms with Crippen molar-refractivity contribution in [3.8, 4) is 11.5 Å². The number of carbonyl (C=O) groups is 2. The van der Waals surface area contributed by atoms with Gasteiger partial charge in [0.05, 0.1) is 7.11 Å². The van der Waals surface area contributed by atoms with Crippen molar-refractivity contribution >= 4 is 23.2 Å². The lowest BCUT2D eigenvalue weighted by Gasteiger charge is -2.15. The van der Waals surface area contributed by atoms with E-state index >= 15 is 0 Å². The molecule has 6 heteroatoms. The normalized spacial score (nSPS) is 11.3. The number of benzene rings is 3. The first-order valence-electron chi connectivity index (χ1n) is 9.55. The van der Waals surface area contributed by atoms with Crippen LogP contribution in [-0.2, 0) is 4.79 Å². The molecule has 3 aromatic carbocycles. The number of nitrogens with one attached hydrogen (secondary N) is 2. The third-order valence-corrected chi connectivity index (χ3v) is 4.54. The average Bonchev–Trinajstić information content (AvgIpc) is 2.75. The number of ether oxygens (including phenoxy) is 2. The fourth-order valence-electron chi connectivity index (χ4n) is 2.82. The number of carbonyl (C=O) groups excluding carboxylic acids is 2. The summed E-state index contributed by atoms with van der Waals surface area (Å²) in [4.78, 5) is 24.8. The minimum atomic E-state index is -0.682. The van der Waals surface area contributed by atoms with E-state index in [0.717, 1.165) is 5.56 Å². The van der Waals surface area contributed by atoms with E-state index in [1.54, 1.807) is 68.6 Å². The lowest BCUT2D eigenvalue weighted by molar-refractivity contribution is -0.122. The van der Waals surface area contributed by atoms with Gasteiger partial charge in [0.1, 0.15) is 11.5 Å². The summed E-state index contributed by atoms with van der Waals surface area (Å²) < 4.78 is 10.8. The number of methoxy groups -OCH3 is 1. The van der Waals surface area contributed by atoms with Crippen molar-refractivity contribution in [1.29, 1.82) is 0 Å². The molecule has 30 heavy (non-hydrogen) atoms. The maximum atomic E-state index is 12.4. The van der Waals surface area contributed by atoms with Crippen LogP contribution in [0.3, 0.4) is 0 Å². The molecule has 3 aromatic rings. The molecule has 3 rings (SSSR count). The second-order valence-electron chi connectivity index (χ2n) is 6.77. The fourth-order valence-corrected chi connectivity index (χ4v) is 2.82. The topological polar surface area (TPSA) is 76.7 Å². The van der Waals surface area contributed by atoms with Gasteiger partial charge in [0.15, 0.2) is 6.10 Å². The SMILES string of the molecule is COc1ccc(O[C@@H](C)C(=O)Nc2ccc(NC(=O)c3ccccc3C)cc2)cc1. The molecule has 0 aromatic heterocycles. The summed E-state index contributed by atoms with van der Waals surface area (Å²) in [5.41, 5.74) is 2.78. The Bertz CT molecular complexity index is 1010. The maximum absolute atomic E-state index is 12.4. The van der Waals surface area contributed by atoms with Crippen LogP contribution in [0.5, 0.6) is 11.5 Å². The number of hydrogen-bond acceptors (Lipinski definition) is 4. The predicted molar refractivity (Wildman–Crippen MR) is 117 cm³/mol. The van der Waals surface area contributed by atoms with Crippen molar-refractivity contribution < 1.29 is 19.1 Å². The maximum Gasteiger partial charge on any atom is 0.265 e. The van der Waals surface area contributed by atoms with Gasteiger partial charge in [-0.2, -0.15) is 0 Å². The zero-order valence-corrected chi connectivity index (χ0v) is 17.1. The van der Waals surface area contributed by atoms with Gasteiger partial charge in [0, 0.05) is 16.9 Å².